The molecule has 56 heavy (non-hydrogen) atoms. The number of benzene rings is 6. The normalized spacial score (nSPS) is 12.6. The van der Waals surface area contributed by atoms with E-state index in [4.69, 9.17) is 17.2 Å². The maximum atomic E-state index is 12.5. The standard InChI is InChI=1S/C36H29N11O7S2/c1-18-13-27(25(38)17-24(18)37)45-44-23-11-12-26-28(16-23)41-36(40-26)19-7-9-22(10-8-19)43-46-33-29(55(49,50)51)14-20-15-30(56(52,53)54)34(35(48)31(20)32(33)39)47-42-21-5-3-2-4-6-21/h2-17,48H,37-39H2,1H3,(H,40,41)(H,49,50,51)(H,52,53,54). The molecule has 0 radical (unpaired) electrons. The maximum absolute atomic E-state index is 12.5. The first-order valence-electron chi connectivity index (χ1n) is 16.2. The van der Waals surface area contributed by atoms with Crippen LogP contribution in [0.3, 0.4) is 0 Å². The van der Waals surface area contributed by atoms with Crippen LogP contribution >= 0.6 is 0 Å². The Morgan fingerprint density at radius 3 is 1.89 bits per heavy atom. The summed E-state index contributed by atoms with van der Waals surface area (Å²) >= 11 is 0. The molecule has 10 N–H and O–H groups in total. The van der Waals surface area contributed by atoms with Gasteiger partial charge in [-0.2, -0.15) is 32.2 Å². The van der Waals surface area contributed by atoms with Crippen LogP contribution in [0.5, 0.6) is 5.75 Å². The summed E-state index contributed by atoms with van der Waals surface area (Å²) in [6, 6.07) is 24.9. The fourth-order valence-electron chi connectivity index (χ4n) is 5.62. The second kappa shape index (κ2) is 14.3. The third-order valence-electron chi connectivity index (χ3n) is 8.45. The highest BCUT2D eigenvalue weighted by atomic mass is 32.2. The zero-order valence-electron chi connectivity index (χ0n) is 28.9. The van der Waals surface area contributed by atoms with E-state index < -0.39 is 52.8 Å². The summed E-state index contributed by atoms with van der Waals surface area (Å²) in [5.41, 5.74) is 21.9. The van der Waals surface area contributed by atoms with Crippen LogP contribution in [0.15, 0.2) is 138 Å². The molecule has 0 aliphatic carbocycles. The number of rotatable bonds is 9. The predicted molar refractivity (Wildman–Crippen MR) is 210 cm³/mol. The Morgan fingerprint density at radius 1 is 0.643 bits per heavy atom. The van der Waals surface area contributed by atoms with Crippen LogP contribution in [-0.2, 0) is 20.2 Å². The fourth-order valence-corrected chi connectivity index (χ4v) is 6.95. The van der Waals surface area contributed by atoms with Gasteiger partial charge in [0.05, 0.1) is 44.9 Å². The van der Waals surface area contributed by atoms with Crippen LogP contribution in [0.4, 0.5) is 51.2 Å². The van der Waals surface area contributed by atoms with Crippen molar-refractivity contribution in [1.82, 2.24) is 9.97 Å². The number of fused-ring (bicyclic) bond motifs is 2. The molecule has 20 heteroatoms. The largest absolute Gasteiger partial charge is 0.505 e. The average molecular weight is 792 g/mol. The molecule has 0 atom stereocenters. The van der Waals surface area contributed by atoms with E-state index in [1.54, 1.807) is 84.9 Å². The molecule has 0 saturated carbocycles. The maximum Gasteiger partial charge on any atom is 0.296 e. The number of anilines is 3. The molecule has 7 aromatic rings. The average Bonchev–Trinajstić information content (AvgIpc) is 3.58. The molecule has 0 fully saturated rings. The first kappa shape index (κ1) is 37.2. The van der Waals surface area contributed by atoms with Gasteiger partial charge in [0.2, 0.25) is 0 Å². The number of phenolic OH excluding ortho intramolecular Hbond substituents is 1. The molecule has 0 aliphatic heterocycles. The minimum Gasteiger partial charge on any atom is -0.505 e. The summed E-state index contributed by atoms with van der Waals surface area (Å²) in [5, 5.41) is 35.1. The van der Waals surface area contributed by atoms with Crippen LogP contribution in [0.25, 0.3) is 33.2 Å². The molecule has 0 aliphatic rings. The summed E-state index contributed by atoms with van der Waals surface area (Å²) < 4.78 is 69.6. The molecule has 0 saturated heterocycles. The van der Waals surface area contributed by atoms with Crippen molar-refractivity contribution in [2.75, 3.05) is 17.2 Å². The monoisotopic (exact) mass is 791 g/mol. The van der Waals surface area contributed by atoms with Crippen molar-refractivity contribution < 1.29 is 31.0 Å². The minimum absolute atomic E-state index is 0.230. The first-order chi connectivity index (χ1) is 26.6. The Bertz CT molecular complexity index is 3020. The van der Waals surface area contributed by atoms with Gasteiger partial charge in [-0.3, -0.25) is 9.11 Å². The van der Waals surface area contributed by atoms with Gasteiger partial charge in [-0.05, 0) is 96.7 Å². The quantitative estimate of drug-likeness (QED) is 0.0411. The van der Waals surface area contributed by atoms with Gasteiger partial charge in [0.25, 0.3) is 20.2 Å². The number of nitrogens with zero attached hydrogens (tertiary/aromatic N) is 7. The van der Waals surface area contributed by atoms with Crippen molar-refractivity contribution in [3.63, 3.8) is 0 Å². The van der Waals surface area contributed by atoms with E-state index in [9.17, 15) is 31.0 Å². The number of azo groups is 3. The smallest absolute Gasteiger partial charge is 0.296 e. The van der Waals surface area contributed by atoms with Gasteiger partial charge < -0.3 is 27.3 Å². The lowest BCUT2D eigenvalue weighted by atomic mass is 10.1. The molecule has 0 amide bonds. The van der Waals surface area contributed by atoms with Gasteiger partial charge in [0, 0.05) is 11.3 Å². The Morgan fingerprint density at radius 2 is 1.23 bits per heavy atom. The molecular formula is C36H29N11O7S2. The Kier molecular flexibility index (Phi) is 9.47. The number of nitrogens with one attached hydrogen (secondary N) is 1. The zero-order chi connectivity index (χ0) is 39.9. The highest BCUT2D eigenvalue weighted by Gasteiger charge is 2.28. The van der Waals surface area contributed by atoms with E-state index in [-0.39, 0.29) is 22.1 Å². The van der Waals surface area contributed by atoms with Crippen LogP contribution < -0.4 is 17.2 Å². The SMILES string of the molecule is Cc1cc(N=Nc2ccc3nc(-c4ccc(N=Nc5c(S(=O)(=O)O)cc6cc(S(=O)(=O)O)c(N=Nc7ccccc7)c(O)c6c5N)cc4)[nH]c3c2)c(N)cc1N. The van der Waals surface area contributed by atoms with Gasteiger partial charge in [-0.25, -0.2) is 4.98 Å². The second-order valence-electron chi connectivity index (χ2n) is 12.3. The number of aryl methyl sites for hydroxylation is 1. The molecule has 1 aromatic heterocycles. The highest BCUT2D eigenvalue weighted by Crippen LogP contribution is 2.48. The van der Waals surface area contributed by atoms with Gasteiger partial charge in [0.1, 0.15) is 32.7 Å². The molecule has 7 rings (SSSR count). The van der Waals surface area contributed by atoms with Gasteiger partial charge >= 0.3 is 0 Å². The topological polar surface area (TPSA) is 310 Å². The van der Waals surface area contributed by atoms with Crippen LogP contribution in [-0.4, -0.2) is 41.0 Å². The van der Waals surface area contributed by atoms with Crippen molar-refractivity contribution in [2.45, 2.75) is 16.7 Å². The number of aromatic amines is 1. The van der Waals surface area contributed by atoms with E-state index in [0.717, 1.165) is 17.7 Å². The number of aromatic hydroxyl groups is 1. The number of aromatic nitrogens is 2. The predicted octanol–water partition coefficient (Wildman–Crippen LogP) is 8.88. The second-order valence-corrected chi connectivity index (χ2v) is 15.1. The van der Waals surface area contributed by atoms with Crippen molar-refractivity contribution >= 4 is 93.2 Å². The molecule has 282 valence electrons. The number of nitrogens with two attached hydrogens (primary N) is 3. The summed E-state index contributed by atoms with van der Waals surface area (Å²) in [6.07, 6.45) is 0. The molecule has 0 bridgehead atoms. The van der Waals surface area contributed by atoms with Crippen molar-refractivity contribution in [2.24, 2.45) is 30.7 Å². The van der Waals surface area contributed by atoms with Gasteiger partial charge in [-0.15, -0.1) is 15.3 Å². The Hall–Kier alpha value is -7.13. The van der Waals surface area contributed by atoms with E-state index in [1.165, 1.54) is 0 Å². The summed E-state index contributed by atoms with van der Waals surface area (Å²) in [7, 11) is -10.1. The molecule has 0 spiro atoms. The van der Waals surface area contributed by atoms with E-state index in [0.29, 0.717) is 45.2 Å². The van der Waals surface area contributed by atoms with Crippen LogP contribution in [0.2, 0.25) is 0 Å². The first-order valence-corrected chi connectivity index (χ1v) is 19.1. The molecule has 6 aromatic carbocycles. The number of hydrogen-bond donors (Lipinski definition) is 7. The van der Waals surface area contributed by atoms with Crippen LogP contribution in [0.1, 0.15) is 5.56 Å². The van der Waals surface area contributed by atoms with E-state index >= 15 is 0 Å². The van der Waals surface area contributed by atoms with Crippen LogP contribution in [0, 0.1) is 6.92 Å². The van der Waals surface area contributed by atoms with Crippen molar-refractivity contribution in [1.29, 1.82) is 0 Å². The lowest BCUT2D eigenvalue weighted by Gasteiger charge is -2.14. The molecule has 1 heterocycles. The summed E-state index contributed by atoms with van der Waals surface area (Å²) in [5.74, 6) is -0.346. The van der Waals surface area contributed by atoms with E-state index in [2.05, 4.69) is 40.7 Å². The lowest BCUT2D eigenvalue weighted by molar-refractivity contribution is 0.472. The summed E-state index contributed by atoms with van der Waals surface area (Å²) in [4.78, 5) is 6.11. The van der Waals surface area contributed by atoms with E-state index in [1.807, 2.05) is 6.92 Å². The molecule has 18 nitrogen and oxygen atoms in total. The van der Waals surface area contributed by atoms with Gasteiger partial charge in [0.15, 0.2) is 5.75 Å². The lowest BCUT2D eigenvalue weighted by Crippen LogP contribution is -2.03. The third kappa shape index (κ3) is 7.47. The van der Waals surface area contributed by atoms with Gasteiger partial charge in [-0.1, -0.05) is 18.2 Å². The number of imidazole rings is 1. The minimum atomic E-state index is -5.06. The fraction of sp³-hybridized carbons (Fsp3) is 0.0278. The Balaban J connectivity index is 1.21. The zero-order valence-corrected chi connectivity index (χ0v) is 30.5. The number of nitrogen functional groups attached to an aromatic ring is 3. The number of phenols is 1. The molecular weight excluding hydrogens is 763 g/mol. The summed E-state index contributed by atoms with van der Waals surface area (Å²) in [6.45, 7) is 1.85. The Labute approximate surface area is 317 Å². The molecule has 0 unspecified atom stereocenters. The number of H-pyrrole nitrogens is 1. The highest BCUT2D eigenvalue weighted by molar-refractivity contribution is 7.86. The number of hydrogen-bond acceptors (Lipinski definition) is 15. The van der Waals surface area contributed by atoms with Crippen molar-refractivity contribution in [3.05, 3.63) is 103 Å². The third-order valence-corrected chi connectivity index (χ3v) is 10.2. The van der Waals surface area contributed by atoms with Crippen molar-refractivity contribution in [3.8, 4) is 17.1 Å².